The van der Waals surface area contributed by atoms with Crippen LogP contribution in [0, 0.1) is 11.8 Å². The molecule has 0 bridgehead atoms. The zero-order valence-electron chi connectivity index (χ0n) is 19.6. The lowest BCUT2D eigenvalue weighted by molar-refractivity contribution is -0.137. The van der Waals surface area contributed by atoms with Crippen LogP contribution in [0.1, 0.15) is 48.0 Å². The molecule has 6 heteroatoms. The minimum absolute atomic E-state index is 0.0663. The highest BCUT2D eigenvalue weighted by atomic mass is 32.1. The smallest absolute Gasteiger partial charge is 0.254 e. The molecule has 1 saturated heterocycles. The molecule has 2 amide bonds. The molecule has 1 aliphatic heterocycles. The van der Waals surface area contributed by atoms with E-state index in [9.17, 15) is 9.59 Å². The quantitative estimate of drug-likeness (QED) is 0.538. The van der Waals surface area contributed by atoms with Gasteiger partial charge in [-0.1, -0.05) is 24.3 Å². The molecule has 2 aliphatic rings. The van der Waals surface area contributed by atoms with E-state index in [2.05, 4.69) is 29.2 Å². The number of carbonyl (C=O) groups excluding carboxylic acids is 2. The highest BCUT2D eigenvalue weighted by Crippen LogP contribution is 2.30. The molecule has 1 aliphatic carbocycles. The molecule has 2 heterocycles. The number of rotatable bonds is 7. The van der Waals surface area contributed by atoms with Crippen LogP contribution in [-0.4, -0.2) is 54.9 Å². The van der Waals surface area contributed by atoms with Crippen molar-refractivity contribution in [3.63, 3.8) is 0 Å². The number of thiophene rings is 1. The number of methoxy groups -OCH3 is 1. The van der Waals surface area contributed by atoms with Gasteiger partial charge < -0.3 is 14.5 Å². The highest BCUT2D eigenvalue weighted by Gasteiger charge is 2.34. The fourth-order valence-electron chi connectivity index (χ4n) is 5.18. The Morgan fingerprint density at radius 2 is 2.00 bits per heavy atom. The van der Waals surface area contributed by atoms with Crippen molar-refractivity contribution in [2.45, 2.75) is 44.6 Å². The molecule has 0 spiro atoms. The Balaban J connectivity index is 1.47. The van der Waals surface area contributed by atoms with Crippen molar-refractivity contribution in [3.05, 3.63) is 64.4 Å². The summed E-state index contributed by atoms with van der Waals surface area (Å²) in [6.07, 6.45) is 9.78. The van der Waals surface area contributed by atoms with Gasteiger partial charge in [0, 0.05) is 37.5 Å². The van der Waals surface area contributed by atoms with E-state index in [0.29, 0.717) is 11.8 Å². The third kappa shape index (κ3) is 5.67. The number of piperidine rings is 1. The summed E-state index contributed by atoms with van der Waals surface area (Å²) in [6.45, 7) is 1.55. The maximum absolute atomic E-state index is 13.2. The number of amides is 2. The number of nitrogens with zero attached hydrogens (tertiary/aromatic N) is 2. The SMILES string of the molecule is COc1cccc(CC(C2CCN(C(=O)C3CC=CCC3)CC2)N(C)C(=O)c2ccsc2)c1. The number of benzene rings is 1. The van der Waals surface area contributed by atoms with Gasteiger partial charge >= 0.3 is 0 Å². The van der Waals surface area contributed by atoms with Gasteiger partial charge in [0.05, 0.1) is 12.7 Å². The van der Waals surface area contributed by atoms with Gasteiger partial charge in [-0.2, -0.15) is 11.3 Å². The molecule has 0 N–H and O–H groups in total. The van der Waals surface area contributed by atoms with Gasteiger partial charge in [-0.15, -0.1) is 0 Å². The predicted molar refractivity (Wildman–Crippen MR) is 133 cm³/mol. The van der Waals surface area contributed by atoms with Crippen LogP contribution in [0.25, 0.3) is 0 Å². The van der Waals surface area contributed by atoms with Gasteiger partial charge in [0.15, 0.2) is 0 Å². The normalized spacial score (nSPS) is 19.8. The number of ether oxygens (including phenoxy) is 1. The predicted octanol–water partition coefficient (Wildman–Crippen LogP) is 5.03. The van der Waals surface area contributed by atoms with E-state index < -0.39 is 0 Å². The van der Waals surface area contributed by atoms with Crippen molar-refractivity contribution >= 4 is 23.2 Å². The topological polar surface area (TPSA) is 49.9 Å². The summed E-state index contributed by atoms with van der Waals surface area (Å²) in [7, 11) is 3.61. The van der Waals surface area contributed by atoms with E-state index in [1.165, 1.54) is 0 Å². The van der Waals surface area contributed by atoms with E-state index in [4.69, 9.17) is 4.74 Å². The number of likely N-dealkylation sites (tertiary alicyclic amines) is 1. The first-order valence-electron chi connectivity index (χ1n) is 11.9. The van der Waals surface area contributed by atoms with Gasteiger partial charge in [0.1, 0.15) is 5.75 Å². The molecular weight excluding hydrogens is 432 g/mol. The van der Waals surface area contributed by atoms with Gasteiger partial charge in [0.25, 0.3) is 5.91 Å². The number of allylic oxidation sites excluding steroid dienone is 2. The summed E-state index contributed by atoms with van der Waals surface area (Å²) >= 11 is 1.55. The Hall–Kier alpha value is -2.60. The number of hydrogen-bond acceptors (Lipinski definition) is 4. The summed E-state index contributed by atoms with van der Waals surface area (Å²) in [5, 5.41) is 3.87. The van der Waals surface area contributed by atoms with E-state index in [1.807, 2.05) is 40.9 Å². The molecule has 0 saturated carbocycles. The molecule has 33 heavy (non-hydrogen) atoms. The lowest BCUT2D eigenvalue weighted by Crippen LogP contribution is -2.49. The van der Waals surface area contributed by atoms with Crippen molar-refractivity contribution in [2.75, 3.05) is 27.2 Å². The van der Waals surface area contributed by atoms with Gasteiger partial charge in [0.2, 0.25) is 5.91 Å². The Kier molecular flexibility index (Phi) is 7.86. The van der Waals surface area contributed by atoms with Gasteiger partial charge in [-0.25, -0.2) is 0 Å². The van der Waals surface area contributed by atoms with Crippen LogP contribution in [0.3, 0.4) is 0 Å². The van der Waals surface area contributed by atoms with Crippen LogP contribution in [0.5, 0.6) is 5.75 Å². The van der Waals surface area contributed by atoms with Crippen LogP contribution in [-0.2, 0) is 11.2 Å². The average Bonchev–Trinajstić information content (AvgIpc) is 3.42. The summed E-state index contributed by atoms with van der Waals surface area (Å²) in [6, 6.07) is 10.1. The van der Waals surface area contributed by atoms with Gasteiger partial charge in [-0.3, -0.25) is 9.59 Å². The summed E-state index contributed by atoms with van der Waals surface area (Å²) < 4.78 is 5.42. The molecule has 0 radical (unpaired) electrons. The number of hydrogen-bond donors (Lipinski definition) is 0. The lowest BCUT2D eigenvalue weighted by atomic mass is 9.84. The van der Waals surface area contributed by atoms with Crippen molar-refractivity contribution in [2.24, 2.45) is 11.8 Å². The third-order valence-corrected chi connectivity index (χ3v) is 7.86. The number of carbonyl (C=O) groups is 2. The summed E-state index contributed by atoms with van der Waals surface area (Å²) in [5.41, 5.74) is 1.91. The van der Waals surface area contributed by atoms with E-state index in [-0.39, 0.29) is 17.9 Å². The molecule has 2 unspecified atom stereocenters. The molecular formula is C27H34N2O3S. The standard InChI is InChI=1S/C27H34N2O3S/c1-28(26(30)23-13-16-33-19-23)25(18-20-7-6-10-24(17-20)32-2)21-11-14-29(15-12-21)27(31)22-8-4-3-5-9-22/h3-4,6-7,10,13,16-17,19,21-22,25H,5,8-9,11-12,14-15,18H2,1-2H3. The molecule has 1 aromatic carbocycles. The fourth-order valence-corrected chi connectivity index (χ4v) is 5.81. The second-order valence-corrected chi connectivity index (χ2v) is 9.98. The Bertz CT molecular complexity index is 964. The first-order chi connectivity index (χ1) is 16.1. The third-order valence-electron chi connectivity index (χ3n) is 7.18. The van der Waals surface area contributed by atoms with E-state index >= 15 is 0 Å². The molecule has 5 nitrogen and oxygen atoms in total. The molecule has 2 atom stereocenters. The van der Waals surface area contributed by atoms with Crippen molar-refractivity contribution in [3.8, 4) is 5.75 Å². The van der Waals surface area contributed by atoms with Crippen LogP contribution in [0.2, 0.25) is 0 Å². The zero-order chi connectivity index (χ0) is 23.2. The van der Waals surface area contributed by atoms with Gasteiger partial charge in [-0.05, 0) is 73.6 Å². The van der Waals surface area contributed by atoms with Crippen LogP contribution in [0.4, 0.5) is 0 Å². The molecule has 1 aromatic heterocycles. The first kappa shape index (κ1) is 23.6. The Labute approximate surface area is 201 Å². The number of likely N-dealkylation sites (N-methyl/N-ethyl adjacent to an activating group) is 1. The Morgan fingerprint density at radius 3 is 2.67 bits per heavy atom. The first-order valence-corrected chi connectivity index (χ1v) is 12.9. The minimum Gasteiger partial charge on any atom is -0.497 e. The second kappa shape index (κ2) is 11.0. The fraction of sp³-hybridized carbons (Fsp3) is 0.481. The second-order valence-electron chi connectivity index (χ2n) is 9.20. The van der Waals surface area contributed by atoms with Crippen LogP contribution >= 0.6 is 11.3 Å². The maximum Gasteiger partial charge on any atom is 0.254 e. The summed E-state index contributed by atoms with van der Waals surface area (Å²) in [4.78, 5) is 30.2. The van der Waals surface area contributed by atoms with Crippen molar-refractivity contribution in [1.29, 1.82) is 0 Å². The average molecular weight is 467 g/mol. The largest absolute Gasteiger partial charge is 0.497 e. The molecule has 1 fully saturated rings. The molecule has 2 aromatic rings. The van der Waals surface area contributed by atoms with Crippen molar-refractivity contribution < 1.29 is 14.3 Å². The summed E-state index contributed by atoms with van der Waals surface area (Å²) in [5.74, 6) is 1.70. The molecule has 4 rings (SSSR count). The monoisotopic (exact) mass is 466 g/mol. The van der Waals surface area contributed by atoms with Crippen LogP contribution in [0.15, 0.2) is 53.2 Å². The zero-order valence-corrected chi connectivity index (χ0v) is 20.4. The minimum atomic E-state index is 0.0663. The van der Waals surface area contributed by atoms with E-state index in [0.717, 1.165) is 68.5 Å². The highest BCUT2D eigenvalue weighted by molar-refractivity contribution is 7.08. The lowest BCUT2D eigenvalue weighted by Gasteiger charge is -2.41. The Morgan fingerprint density at radius 1 is 1.18 bits per heavy atom. The molecule has 176 valence electrons. The van der Waals surface area contributed by atoms with E-state index in [1.54, 1.807) is 18.4 Å². The van der Waals surface area contributed by atoms with Crippen molar-refractivity contribution in [1.82, 2.24) is 9.80 Å². The van der Waals surface area contributed by atoms with Crippen LogP contribution < -0.4 is 4.74 Å². The maximum atomic E-state index is 13.2.